The SMILES string of the molecule is CC(C)C(C)N(C)C(=O)N1CCC(C(=O)O)CC1. The van der Waals surface area contributed by atoms with Crippen LogP contribution >= 0.6 is 0 Å². The third-order valence-electron chi connectivity index (χ3n) is 3.99. The zero-order valence-corrected chi connectivity index (χ0v) is 11.7. The summed E-state index contributed by atoms with van der Waals surface area (Å²) in [7, 11) is 1.82. The van der Waals surface area contributed by atoms with Crippen molar-refractivity contribution in [2.24, 2.45) is 11.8 Å². The van der Waals surface area contributed by atoms with Crippen molar-refractivity contribution in [1.82, 2.24) is 9.80 Å². The Balaban J connectivity index is 2.52. The van der Waals surface area contributed by atoms with E-state index in [1.54, 1.807) is 9.80 Å². The molecule has 18 heavy (non-hydrogen) atoms. The Labute approximate surface area is 109 Å². The van der Waals surface area contributed by atoms with E-state index >= 15 is 0 Å². The molecule has 0 aromatic heterocycles. The van der Waals surface area contributed by atoms with Crippen LogP contribution in [-0.2, 0) is 4.79 Å². The van der Waals surface area contributed by atoms with E-state index in [1.807, 2.05) is 14.0 Å². The topological polar surface area (TPSA) is 60.9 Å². The Morgan fingerprint density at radius 3 is 2.11 bits per heavy atom. The molecule has 1 unspecified atom stereocenters. The van der Waals surface area contributed by atoms with Crippen LogP contribution in [0.15, 0.2) is 0 Å². The molecule has 0 aromatic rings. The molecule has 5 nitrogen and oxygen atoms in total. The zero-order valence-electron chi connectivity index (χ0n) is 11.7. The van der Waals surface area contributed by atoms with Crippen molar-refractivity contribution < 1.29 is 14.7 Å². The summed E-state index contributed by atoms with van der Waals surface area (Å²) in [6.07, 6.45) is 1.12. The number of carbonyl (C=O) groups is 2. The van der Waals surface area contributed by atoms with Gasteiger partial charge in [0.05, 0.1) is 5.92 Å². The van der Waals surface area contributed by atoms with E-state index in [-0.39, 0.29) is 18.0 Å². The van der Waals surface area contributed by atoms with Gasteiger partial charge in [-0.1, -0.05) is 13.8 Å². The average molecular weight is 256 g/mol. The maximum absolute atomic E-state index is 12.2. The molecular formula is C13H24N2O3. The summed E-state index contributed by atoms with van der Waals surface area (Å²) in [5.74, 6) is -0.622. The number of hydrogen-bond acceptors (Lipinski definition) is 2. The molecule has 0 radical (unpaired) electrons. The highest BCUT2D eigenvalue weighted by molar-refractivity contribution is 5.75. The number of urea groups is 1. The van der Waals surface area contributed by atoms with Gasteiger partial charge < -0.3 is 14.9 Å². The van der Waals surface area contributed by atoms with Crippen LogP contribution in [0.3, 0.4) is 0 Å². The lowest BCUT2D eigenvalue weighted by atomic mass is 9.97. The summed E-state index contributed by atoms with van der Waals surface area (Å²) in [4.78, 5) is 26.6. The molecule has 1 rings (SSSR count). The zero-order chi connectivity index (χ0) is 13.9. The number of hydrogen-bond donors (Lipinski definition) is 1. The van der Waals surface area contributed by atoms with Gasteiger partial charge in [0.15, 0.2) is 0 Å². The number of carboxylic acid groups (broad SMARTS) is 1. The van der Waals surface area contributed by atoms with Gasteiger partial charge in [-0.2, -0.15) is 0 Å². The summed E-state index contributed by atoms with van der Waals surface area (Å²) in [5.41, 5.74) is 0. The molecule has 1 atom stereocenters. The van der Waals surface area contributed by atoms with Crippen molar-refractivity contribution in [2.45, 2.75) is 39.7 Å². The third kappa shape index (κ3) is 3.37. The van der Waals surface area contributed by atoms with E-state index in [0.717, 1.165) is 0 Å². The number of carbonyl (C=O) groups excluding carboxylic acids is 1. The fourth-order valence-corrected chi connectivity index (χ4v) is 2.16. The molecule has 1 aliphatic rings. The summed E-state index contributed by atoms with van der Waals surface area (Å²) in [6.45, 7) is 7.30. The van der Waals surface area contributed by atoms with Gasteiger partial charge in [0.1, 0.15) is 0 Å². The average Bonchev–Trinajstić information content (AvgIpc) is 2.36. The summed E-state index contributed by atoms with van der Waals surface area (Å²) in [6, 6.07) is 0.203. The Morgan fingerprint density at radius 1 is 1.22 bits per heavy atom. The largest absolute Gasteiger partial charge is 0.481 e. The minimum Gasteiger partial charge on any atom is -0.481 e. The van der Waals surface area contributed by atoms with Gasteiger partial charge in [0, 0.05) is 26.2 Å². The van der Waals surface area contributed by atoms with Crippen molar-refractivity contribution in [2.75, 3.05) is 20.1 Å². The monoisotopic (exact) mass is 256 g/mol. The van der Waals surface area contributed by atoms with Gasteiger partial charge in [0.25, 0.3) is 0 Å². The minimum absolute atomic E-state index is 0.0139. The number of likely N-dealkylation sites (tertiary alicyclic amines) is 1. The molecule has 104 valence electrons. The third-order valence-corrected chi connectivity index (χ3v) is 3.99. The molecule has 0 aromatic carbocycles. The molecule has 1 fully saturated rings. The van der Waals surface area contributed by atoms with Crippen molar-refractivity contribution >= 4 is 12.0 Å². The second-order valence-electron chi connectivity index (χ2n) is 5.48. The molecule has 5 heteroatoms. The predicted molar refractivity (Wildman–Crippen MR) is 69.4 cm³/mol. The van der Waals surface area contributed by atoms with Crippen LogP contribution in [-0.4, -0.2) is 53.1 Å². The first-order valence-corrected chi connectivity index (χ1v) is 6.59. The number of nitrogens with zero attached hydrogens (tertiary/aromatic N) is 2. The van der Waals surface area contributed by atoms with Crippen LogP contribution in [0.2, 0.25) is 0 Å². The molecule has 1 saturated heterocycles. The van der Waals surface area contributed by atoms with Crippen molar-refractivity contribution in [3.8, 4) is 0 Å². The fraction of sp³-hybridized carbons (Fsp3) is 0.846. The molecule has 0 spiro atoms. The normalized spacial score (nSPS) is 18.8. The van der Waals surface area contributed by atoms with Crippen LogP contribution in [0, 0.1) is 11.8 Å². The van der Waals surface area contributed by atoms with Crippen molar-refractivity contribution in [3.05, 3.63) is 0 Å². The molecular weight excluding hydrogens is 232 g/mol. The number of aliphatic carboxylic acids is 1. The Hall–Kier alpha value is -1.26. The lowest BCUT2D eigenvalue weighted by molar-refractivity contribution is -0.143. The molecule has 0 bridgehead atoms. The van der Waals surface area contributed by atoms with E-state index < -0.39 is 5.97 Å². The summed E-state index contributed by atoms with van der Waals surface area (Å²) >= 11 is 0. The lowest BCUT2D eigenvalue weighted by Crippen LogP contribution is -2.49. The number of carboxylic acids is 1. The maximum Gasteiger partial charge on any atom is 0.319 e. The molecule has 1 aliphatic heterocycles. The standard InChI is InChI=1S/C13H24N2O3/c1-9(2)10(3)14(4)13(18)15-7-5-11(6-8-15)12(16)17/h9-11H,5-8H2,1-4H3,(H,16,17). The highest BCUT2D eigenvalue weighted by Crippen LogP contribution is 2.19. The molecule has 2 amide bonds. The van der Waals surface area contributed by atoms with E-state index in [2.05, 4.69) is 13.8 Å². The van der Waals surface area contributed by atoms with Gasteiger partial charge in [-0.3, -0.25) is 4.79 Å². The quantitative estimate of drug-likeness (QED) is 0.838. The number of amides is 2. The number of piperidine rings is 1. The molecule has 0 saturated carbocycles. The van der Waals surface area contributed by atoms with Gasteiger partial charge >= 0.3 is 12.0 Å². The van der Waals surface area contributed by atoms with Crippen LogP contribution in [0.25, 0.3) is 0 Å². The van der Waals surface area contributed by atoms with E-state index in [1.165, 1.54) is 0 Å². The van der Waals surface area contributed by atoms with Crippen LogP contribution in [0.4, 0.5) is 4.79 Å². The Bertz CT molecular complexity index is 309. The second kappa shape index (κ2) is 6.07. The van der Waals surface area contributed by atoms with Crippen LogP contribution in [0.5, 0.6) is 0 Å². The van der Waals surface area contributed by atoms with Gasteiger partial charge in [-0.05, 0) is 25.7 Å². The van der Waals surface area contributed by atoms with Gasteiger partial charge in [0.2, 0.25) is 0 Å². The highest BCUT2D eigenvalue weighted by atomic mass is 16.4. The molecule has 1 heterocycles. The molecule has 0 aliphatic carbocycles. The van der Waals surface area contributed by atoms with E-state index in [4.69, 9.17) is 5.11 Å². The van der Waals surface area contributed by atoms with Crippen LogP contribution < -0.4 is 0 Å². The first-order valence-electron chi connectivity index (χ1n) is 6.59. The first-order chi connectivity index (χ1) is 8.34. The minimum atomic E-state index is -0.744. The Kier molecular flexibility index (Phi) is 4.99. The second-order valence-corrected chi connectivity index (χ2v) is 5.48. The molecule has 1 N–H and O–H groups in total. The fourth-order valence-electron chi connectivity index (χ4n) is 2.16. The smallest absolute Gasteiger partial charge is 0.319 e. The van der Waals surface area contributed by atoms with E-state index in [9.17, 15) is 9.59 Å². The first kappa shape index (κ1) is 14.8. The summed E-state index contributed by atoms with van der Waals surface area (Å²) in [5, 5.41) is 8.92. The highest BCUT2D eigenvalue weighted by Gasteiger charge is 2.30. The van der Waals surface area contributed by atoms with Crippen molar-refractivity contribution in [1.29, 1.82) is 0 Å². The van der Waals surface area contributed by atoms with Crippen molar-refractivity contribution in [3.63, 3.8) is 0 Å². The Morgan fingerprint density at radius 2 is 1.72 bits per heavy atom. The van der Waals surface area contributed by atoms with Gasteiger partial charge in [-0.15, -0.1) is 0 Å². The van der Waals surface area contributed by atoms with E-state index in [0.29, 0.717) is 31.8 Å². The summed E-state index contributed by atoms with van der Waals surface area (Å²) < 4.78 is 0. The van der Waals surface area contributed by atoms with Crippen LogP contribution in [0.1, 0.15) is 33.6 Å². The maximum atomic E-state index is 12.2. The lowest BCUT2D eigenvalue weighted by Gasteiger charge is -2.36. The number of rotatable bonds is 3. The predicted octanol–water partition coefficient (Wildman–Crippen LogP) is 1.88. The van der Waals surface area contributed by atoms with Gasteiger partial charge in [-0.25, -0.2) is 4.79 Å².